The van der Waals surface area contributed by atoms with Crippen LogP contribution in [0.25, 0.3) is 11.1 Å². The minimum absolute atomic E-state index is 0.415. The summed E-state index contributed by atoms with van der Waals surface area (Å²) in [6, 6.07) is 19.7. The Kier molecular flexibility index (Phi) is 6.39. The largest absolute Gasteiger partial charge is 0.192 e. The molecule has 0 amide bonds. The fourth-order valence-corrected chi connectivity index (χ4v) is 6.26. The number of nitrogens with zero attached hydrogens (tertiary/aromatic N) is 1. The average molecular weight is 386 g/mol. The molecule has 0 N–H and O–H groups in total. The fraction of sp³-hybridized carbons (Fsp3) is 0.536. The quantitative estimate of drug-likeness (QED) is 0.511. The molecular formula is C28H35N. The molecule has 0 aromatic heterocycles. The Hall–Kier alpha value is -2.07. The highest BCUT2D eigenvalue weighted by molar-refractivity contribution is 5.64. The van der Waals surface area contributed by atoms with Gasteiger partial charge in [-0.1, -0.05) is 88.3 Å². The Bertz CT molecular complexity index is 810. The molecule has 4 rings (SSSR count). The maximum absolute atomic E-state index is 9.03. The van der Waals surface area contributed by atoms with Gasteiger partial charge in [-0.05, 0) is 71.8 Å². The van der Waals surface area contributed by atoms with Crippen LogP contribution >= 0.6 is 0 Å². The SMILES string of the molecule is CCCC1CCC(C2(c3ccc(-c4ccc(C#N)cc4)cc3)CCCCC2)CC1. The van der Waals surface area contributed by atoms with Crippen molar-refractivity contribution in [2.24, 2.45) is 11.8 Å². The Labute approximate surface area is 177 Å². The number of hydrogen-bond donors (Lipinski definition) is 0. The number of benzene rings is 2. The molecule has 0 aliphatic heterocycles. The van der Waals surface area contributed by atoms with Gasteiger partial charge in [-0.3, -0.25) is 0 Å². The van der Waals surface area contributed by atoms with Crippen molar-refractivity contribution in [3.8, 4) is 17.2 Å². The van der Waals surface area contributed by atoms with Gasteiger partial charge < -0.3 is 0 Å². The molecular weight excluding hydrogens is 350 g/mol. The van der Waals surface area contributed by atoms with Crippen LogP contribution in [-0.2, 0) is 5.41 Å². The second-order valence-corrected chi connectivity index (χ2v) is 9.49. The third-order valence-corrected chi connectivity index (χ3v) is 7.88. The molecule has 29 heavy (non-hydrogen) atoms. The summed E-state index contributed by atoms with van der Waals surface area (Å²) >= 11 is 0. The van der Waals surface area contributed by atoms with Crippen molar-refractivity contribution in [1.29, 1.82) is 5.26 Å². The van der Waals surface area contributed by atoms with Crippen molar-refractivity contribution in [3.05, 3.63) is 59.7 Å². The topological polar surface area (TPSA) is 23.8 Å². The van der Waals surface area contributed by atoms with E-state index in [-0.39, 0.29) is 0 Å². The Morgan fingerprint density at radius 2 is 1.41 bits per heavy atom. The summed E-state index contributed by atoms with van der Waals surface area (Å²) in [4.78, 5) is 0. The summed E-state index contributed by atoms with van der Waals surface area (Å²) in [7, 11) is 0. The van der Waals surface area contributed by atoms with Crippen LogP contribution in [0.15, 0.2) is 48.5 Å². The maximum atomic E-state index is 9.03. The zero-order valence-electron chi connectivity index (χ0n) is 18.0. The molecule has 2 saturated carbocycles. The zero-order chi connectivity index (χ0) is 20.1. The number of hydrogen-bond acceptors (Lipinski definition) is 1. The average Bonchev–Trinajstić information content (AvgIpc) is 2.80. The van der Waals surface area contributed by atoms with Gasteiger partial charge in [-0.15, -0.1) is 0 Å². The van der Waals surface area contributed by atoms with E-state index in [2.05, 4.69) is 49.4 Å². The molecule has 152 valence electrons. The van der Waals surface area contributed by atoms with E-state index >= 15 is 0 Å². The van der Waals surface area contributed by atoms with E-state index in [1.54, 1.807) is 5.56 Å². The van der Waals surface area contributed by atoms with Crippen LogP contribution in [0.2, 0.25) is 0 Å². The van der Waals surface area contributed by atoms with E-state index in [4.69, 9.17) is 5.26 Å². The molecule has 2 aromatic rings. The van der Waals surface area contributed by atoms with Crippen molar-refractivity contribution in [2.75, 3.05) is 0 Å². The molecule has 0 spiro atoms. The lowest BCUT2D eigenvalue weighted by molar-refractivity contribution is 0.125. The van der Waals surface area contributed by atoms with Crippen molar-refractivity contribution < 1.29 is 0 Å². The van der Waals surface area contributed by atoms with Crippen LogP contribution in [0, 0.1) is 23.2 Å². The molecule has 2 aromatic carbocycles. The second kappa shape index (κ2) is 9.17. The van der Waals surface area contributed by atoms with Crippen LogP contribution in [0.3, 0.4) is 0 Å². The lowest BCUT2D eigenvalue weighted by Crippen LogP contribution is -2.39. The van der Waals surface area contributed by atoms with Gasteiger partial charge in [-0.25, -0.2) is 0 Å². The van der Waals surface area contributed by atoms with E-state index in [0.29, 0.717) is 5.41 Å². The summed E-state index contributed by atoms with van der Waals surface area (Å²) in [5.74, 6) is 1.85. The summed E-state index contributed by atoms with van der Waals surface area (Å²) in [6.45, 7) is 2.34. The van der Waals surface area contributed by atoms with E-state index in [1.807, 2.05) is 12.1 Å². The van der Waals surface area contributed by atoms with Gasteiger partial charge in [-0.2, -0.15) is 5.26 Å². The summed E-state index contributed by atoms with van der Waals surface area (Å²) < 4.78 is 0. The van der Waals surface area contributed by atoms with Crippen LogP contribution in [0.4, 0.5) is 0 Å². The molecule has 0 bridgehead atoms. The van der Waals surface area contributed by atoms with E-state index < -0.39 is 0 Å². The standard InChI is InChI=1S/C28H35N/c1-2-6-22-9-15-26(16-10-22)28(19-4-3-5-20-28)27-17-13-25(14-18-27)24-11-7-23(21-29)8-12-24/h7-8,11-14,17-18,22,26H,2-6,9-10,15-16,19-20H2,1H3. The zero-order valence-corrected chi connectivity index (χ0v) is 18.0. The van der Waals surface area contributed by atoms with Gasteiger partial charge in [0.15, 0.2) is 0 Å². The minimum Gasteiger partial charge on any atom is -0.192 e. The summed E-state index contributed by atoms with van der Waals surface area (Å²) in [6.07, 6.45) is 15.5. The minimum atomic E-state index is 0.415. The fourth-order valence-electron chi connectivity index (χ4n) is 6.26. The van der Waals surface area contributed by atoms with Gasteiger partial charge in [0.1, 0.15) is 0 Å². The third kappa shape index (κ3) is 4.28. The first kappa shape index (κ1) is 20.2. The third-order valence-electron chi connectivity index (χ3n) is 7.88. The second-order valence-electron chi connectivity index (χ2n) is 9.49. The van der Waals surface area contributed by atoms with E-state index in [0.717, 1.165) is 17.4 Å². The van der Waals surface area contributed by atoms with Crippen LogP contribution in [-0.4, -0.2) is 0 Å². The molecule has 2 fully saturated rings. The lowest BCUT2D eigenvalue weighted by Gasteiger charge is -2.47. The van der Waals surface area contributed by atoms with Gasteiger partial charge in [0.25, 0.3) is 0 Å². The van der Waals surface area contributed by atoms with E-state index in [1.165, 1.54) is 81.8 Å². The molecule has 2 aliphatic carbocycles. The van der Waals surface area contributed by atoms with Gasteiger partial charge in [0, 0.05) is 0 Å². The predicted octanol–water partition coefficient (Wildman–Crippen LogP) is 8.03. The van der Waals surface area contributed by atoms with Crippen molar-refractivity contribution in [3.63, 3.8) is 0 Å². The van der Waals surface area contributed by atoms with Crippen LogP contribution < -0.4 is 0 Å². The highest BCUT2D eigenvalue weighted by Crippen LogP contribution is 2.51. The number of nitriles is 1. The molecule has 1 nitrogen and oxygen atoms in total. The first-order chi connectivity index (χ1) is 14.2. The van der Waals surface area contributed by atoms with Crippen molar-refractivity contribution >= 4 is 0 Å². The molecule has 0 heterocycles. The lowest BCUT2D eigenvalue weighted by atomic mass is 9.57. The molecule has 0 unspecified atom stereocenters. The van der Waals surface area contributed by atoms with Gasteiger partial charge in [0.05, 0.1) is 11.6 Å². The molecule has 0 atom stereocenters. The first-order valence-corrected chi connectivity index (χ1v) is 11.9. The smallest absolute Gasteiger partial charge is 0.0991 e. The van der Waals surface area contributed by atoms with Crippen molar-refractivity contribution in [1.82, 2.24) is 0 Å². The first-order valence-electron chi connectivity index (χ1n) is 11.9. The Morgan fingerprint density at radius 1 is 0.828 bits per heavy atom. The normalized spacial score (nSPS) is 24.0. The summed E-state index contributed by atoms with van der Waals surface area (Å²) in [5, 5.41) is 9.03. The highest BCUT2D eigenvalue weighted by atomic mass is 14.5. The van der Waals surface area contributed by atoms with Crippen molar-refractivity contribution in [2.45, 2.75) is 83.0 Å². The maximum Gasteiger partial charge on any atom is 0.0991 e. The van der Waals surface area contributed by atoms with Crippen LogP contribution in [0.1, 0.15) is 88.7 Å². The number of rotatable bonds is 5. The highest BCUT2D eigenvalue weighted by Gasteiger charge is 2.42. The Morgan fingerprint density at radius 3 is 1.97 bits per heavy atom. The molecule has 1 heteroatoms. The molecule has 2 aliphatic rings. The molecule has 0 saturated heterocycles. The van der Waals surface area contributed by atoms with E-state index in [9.17, 15) is 0 Å². The summed E-state index contributed by atoms with van der Waals surface area (Å²) in [5.41, 5.74) is 5.20. The van der Waals surface area contributed by atoms with Crippen LogP contribution in [0.5, 0.6) is 0 Å². The monoisotopic (exact) mass is 385 g/mol. The Balaban J connectivity index is 1.56. The molecule has 0 radical (unpaired) electrons. The van der Waals surface area contributed by atoms with Gasteiger partial charge in [0.2, 0.25) is 0 Å². The van der Waals surface area contributed by atoms with Gasteiger partial charge >= 0.3 is 0 Å². The predicted molar refractivity (Wildman–Crippen MR) is 122 cm³/mol.